The van der Waals surface area contributed by atoms with Gasteiger partial charge in [0, 0.05) is 13.0 Å². The lowest BCUT2D eigenvalue weighted by Gasteiger charge is -2.33. The van der Waals surface area contributed by atoms with E-state index in [1.807, 2.05) is 0 Å². The summed E-state index contributed by atoms with van der Waals surface area (Å²) in [5, 5.41) is 3.22. The monoisotopic (exact) mass is 775 g/mol. The molecule has 5 heteroatoms. The summed E-state index contributed by atoms with van der Waals surface area (Å²) < 4.78 is 6.37. The van der Waals surface area contributed by atoms with Crippen LogP contribution in [0.4, 0.5) is 0 Å². The summed E-state index contributed by atoms with van der Waals surface area (Å²) in [6.45, 7) is 10.7. The molecule has 1 fully saturated rings. The molecule has 0 bridgehead atoms. The molecule has 0 aromatic rings. The van der Waals surface area contributed by atoms with Gasteiger partial charge in [-0.25, -0.2) is 0 Å². The van der Waals surface area contributed by atoms with Crippen LogP contribution in [-0.2, 0) is 14.3 Å². The van der Waals surface area contributed by atoms with Crippen LogP contribution >= 0.6 is 0 Å². The third-order valence-electron chi connectivity index (χ3n) is 12.5. The van der Waals surface area contributed by atoms with Crippen molar-refractivity contribution in [2.45, 2.75) is 283 Å². The summed E-state index contributed by atoms with van der Waals surface area (Å²) >= 11 is 0. The van der Waals surface area contributed by atoms with Crippen LogP contribution in [0.25, 0.3) is 0 Å². The topological polar surface area (TPSA) is 58.6 Å². The van der Waals surface area contributed by atoms with Crippen LogP contribution in [-0.4, -0.2) is 48.6 Å². The molecule has 0 saturated carbocycles. The number of carbonyl (C=O) groups excluding carboxylic acids is 2. The minimum Gasteiger partial charge on any atom is -0.449 e. The van der Waals surface area contributed by atoms with E-state index >= 15 is 0 Å². The van der Waals surface area contributed by atoms with Crippen LogP contribution in [0.15, 0.2) is 0 Å². The van der Waals surface area contributed by atoms with E-state index in [9.17, 15) is 9.59 Å². The smallest absolute Gasteiger partial charge is 0.306 e. The van der Waals surface area contributed by atoms with Gasteiger partial charge in [-0.3, -0.25) is 9.59 Å². The molecule has 0 spiro atoms. The van der Waals surface area contributed by atoms with Gasteiger partial charge in [-0.2, -0.15) is 0 Å². The van der Waals surface area contributed by atoms with E-state index in [1.54, 1.807) is 0 Å². The van der Waals surface area contributed by atoms with Crippen LogP contribution in [0.3, 0.4) is 0 Å². The fraction of sp³-hybridized carbons (Fsp3) is 0.960. The predicted molar refractivity (Wildman–Crippen MR) is 240 cm³/mol. The summed E-state index contributed by atoms with van der Waals surface area (Å²) in [6, 6.07) is 0. The summed E-state index contributed by atoms with van der Waals surface area (Å²) in [4.78, 5) is 29.8. The molecule has 1 saturated heterocycles. The van der Waals surface area contributed by atoms with Gasteiger partial charge in [-0.15, -0.1) is 0 Å². The van der Waals surface area contributed by atoms with Crippen molar-refractivity contribution in [3.05, 3.63) is 0 Å². The molecule has 1 heterocycles. The van der Waals surface area contributed by atoms with E-state index in [2.05, 4.69) is 31.0 Å². The number of rotatable bonds is 43. The Labute approximate surface area is 344 Å². The Kier molecular flexibility index (Phi) is 37.5. The summed E-state index contributed by atoms with van der Waals surface area (Å²) in [5.74, 6) is -0.200. The molecular weight excluding hydrogens is 677 g/mol. The van der Waals surface area contributed by atoms with Crippen molar-refractivity contribution >= 4 is 11.9 Å². The number of amides is 1. The highest BCUT2D eigenvalue weighted by atomic mass is 16.6. The number of hydrogen-bond acceptors (Lipinski definition) is 4. The number of nitrogens with one attached hydrogen (secondary N) is 1. The number of unbranched alkanes of at least 4 members (excludes halogenated alkanes) is 31. The number of carbonyl (C=O) groups is 2. The van der Waals surface area contributed by atoms with Crippen LogP contribution in [0.2, 0.25) is 0 Å². The molecule has 55 heavy (non-hydrogen) atoms. The zero-order chi connectivity index (χ0) is 39.8. The molecule has 1 amide bonds. The quantitative estimate of drug-likeness (QED) is 0.0495. The second kappa shape index (κ2) is 39.7. The third kappa shape index (κ3) is 31.6. The van der Waals surface area contributed by atoms with Gasteiger partial charge in [-0.1, -0.05) is 220 Å². The summed E-state index contributed by atoms with van der Waals surface area (Å²) in [7, 11) is 0. The van der Waals surface area contributed by atoms with E-state index in [0.29, 0.717) is 25.8 Å². The Morgan fingerprint density at radius 1 is 0.455 bits per heavy atom. The normalized spacial score (nSPS) is 13.5. The first-order chi connectivity index (χ1) is 27.1. The highest BCUT2D eigenvalue weighted by molar-refractivity contribution is 5.87. The molecule has 0 radical (unpaired) electrons. The number of ether oxygens (including phenoxy) is 1. The third-order valence-corrected chi connectivity index (χ3v) is 12.5. The Balaban J connectivity index is 2.48. The van der Waals surface area contributed by atoms with E-state index in [-0.39, 0.29) is 11.9 Å². The first-order valence-electron chi connectivity index (χ1n) is 25.3. The maximum Gasteiger partial charge on any atom is 0.306 e. The van der Waals surface area contributed by atoms with Crippen molar-refractivity contribution in [2.75, 3.05) is 26.2 Å². The number of nitrogens with zero attached hydrogens (tertiary/aromatic N) is 1. The van der Waals surface area contributed by atoms with Gasteiger partial charge in [0.05, 0.1) is 0 Å². The first kappa shape index (κ1) is 51.9. The van der Waals surface area contributed by atoms with E-state index < -0.39 is 5.60 Å². The highest BCUT2D eigenvalue weighted by Crippen LogP contribution is 2.29. The molecule has 1 rings (SSSR count). The minimum absolute atomic E-state index is 0.0317. The van der Waals surface area contributed by atoms with Crippen molar-refractivity contribution in [3.8, 4) is 0 Å². The van der Waals surface area contributed by atoms with Gasteiger partial charge in [-0.05, 0) is 71.0 Å². The fourth-order valence-corrected chi connectivity index (χ4v) is 8.68. The van der Waals surface area contributed by atoms with Gasteiger partial charge >= 0.3 is 5.97 Å². The lowest BCUT2D eigenvalue weighted by Crippen LogP contribution is -2.50. The van der Waals surface area contributed by atoms with Crippen LogP contribution in [0, 0.1) is 0 Å². The summed E-state index contributed by atoms with van der Waals surface area (Å²) in [6.07, 6.45) is 49.7. The summed E-state index contributed by atoms with van der Waals surface area (Å²) in [5.41, 5.74) is -1.01. The van der Waals surface area contributed by atoms with E-state index in [4.69, 9.17) is 4.74 Å². The molecule has 5 nitrogen and oxygen atoms in total. The number of esters is 1. The predicted octanol–water partition coefficient (Wildman–Crippen LogP) is 15.4. The van der Waals surface area contributed by atoms with Crippen LogP contribution < -0.4 is 5.32 Å². The van der Waals surface area contributed by atoms with Crippen molar-refractivity contribution in [1.29, 1.82) is 0 Å². The SMILES string of the molecule is CCCCCCCCCCCCCCCCCCC(CCCCCCCCCCCCCCCCCC)(OC(=O)CCCN1CCCC1)C(=O)NCCCC. The van der Waals surface area contributed by atoms with Gasteiger partial charge in [0.1, 0.15) is 0 Å². The van der Waals surface area contributed by atoms with E-state index in [0.717, 1.165) is 64.6 Å². The number of likely N-dealkylation sites (tertiary alicyclic amines) is 1. The maximum absolute atomic E-state index is 13.9. The molecule has 1 N–H and O–H groups in total. The zero-order valence-corrected chi connectivity index (χ0v) is 37.8. The molecule has 0 aliphatic carbocycles. The van der Waals surface area contributed by atoms with Crippen molar-refractivity contribution in [1.82, 2.24) is 10.2 Å². The van der Waals surface area contributed by atoms with Gasteiger partial charge in [0.15, 0.2) is 5.60 Å². The Hall–Kier alpha value is -1.10. The molecule has 0 aromatic carbocycles. The number of hydrogen-bond donors (Lipinski definition) is 1. The lowest BCUT2D eigenvalue weighted by molar-refractivity contribution is -0.171. The molecule has 1 aliphatic heterocycles. The Morgan fingerprint density at radius 3 is 1.13 bits per heavy atom. The molecule has 0 unspecified atom stereocenters. The van der Waals surface area contributed by atoms with Gasteiger partial charge in [0.25, 0.3) is 5.91 Å². The average molecular weight is 775 g/mol. The van der Waals surface area contributed by atoms with Crippen molar-refractivity contribution in [3.63, 3.8) is 0 Å². The second-order valence-corrected chi connectivity index (χ2v) is 17.8. The molecule has 326 valence electrons. The Bertz CT molecular complexity index is 790. The van der Waals surface area contributed by atoms with Crippen LogP contribution in [0.1, 0.15) is 278 Å². The largest absolute Gasteiger partial charge is 0.449 e. The van der Waals surface area contributed by atoms with Crippen molar-refractivity contribution < 1.29 is 14.3 Å². The maximum atomic E-state index is 13.9. The van der Waals surface area contributed by atoms with Crippen molar-refractivity contribution in [2.24, 2.45) is 0 Å². The molecule has 1 aliphatic rings. The van der Waals surface area contributed by atoms with Gasteiger partial charge < -0.3 is 15.0 Å². The standard InChI is InChI=1S/C50H98N2O3/c1-4-7-10-12-14-16-18-20-22-24-26-28-30-32-34-36-42-50(49(54)51-44-9-6-3,55-48(53)41-40-47-52-45-38-39-46-52)43-37-35-33-31-29-27-25-23-21-19-17-15-13-11-8-5-2/h4-47H2,1-3H3,(H,51,54). The lowest BCUT2D eigenvalue weighted by atomic mass is 9.88. The minimum atomic E-state index is -1.01. The molecule has 0 atom stereocenters. The van der Waals surface area contributed by atoms with Crippen LogP contribution in [0.5, 0.6) is 0 Å². The molecule has 0 aromatic heterocycles. The highest BCUT2D eigenvalue weighted by Gasteiger charge is 2.41. The molecular formula is C50H98N2O3. The first-order valence-corrected chi connectivity index (χ1v) is 25.3. The fourth-order valence-electron chi connectivity index (χ4n) is 8.68. The van der Waals surface area contributed by atoms with Gasteiger partial charge in [0.2, 0.25) is 0 Å². The average Bonchev–Trinajstić information content (AvgIpc) is 3.71. The van der Waals surface area contributed by atoms with E-state index in [1.165, 1.54) is 193 Å². The second-order valence-electron chi connectivity index (χ2n) is 17.8. The Morgan fingerprint density at radius 2 is 0.782 bits per heavy atom. The zero-order valence-electron chi connectivity index (χ0n) is 37.8.